The van der Waals surface area contributed by atoms with Crippen molar-refractivity contribution in [1.29, 1.82) is 0 Å². The third kappa shape index (κ3) is 18.1. The topological polar surface area (TPSA) is 18.5 Å². The minimum atomic E-state index is 0.738. The zero-order chi connectivity index (χ0) is 17.2. The molecule has 0 spiro atoms. The van der Waals surface area contributed by atoms with Crippen LogP contribution in [0.5, 0.6) is 0 Å². The predicted molar refractivity (Wildman–Crippen MR) is 101 cm³/mol. The van der Waals surface area contributed by atoms with E-state index >= 15 is 0 Å². The molecule has 0 saturated carbocycles. The number of quaternary nitrogens is 1. The molecule has 0 aromatic carbocycles. The Morgan fingerprint density at radius 2 is 1.04 bits per heavy atom. The number of rotatable bonds is 18. The summed E-state index contributed by atoms with van der Waals surface area (Å²) in [6.07, 6.45) is 13.5. The van der Waals surface area contributed by atoms with E-state index in [2.05, 4.69) is 27.9 Å². The molecule has 0 saturated heterocycles. The summed E-state index contributed by atoms with van der Waals surface area (Å²) >= 11 is 0. The number of hydrogen-bond acceptors (Lipinski definition) is 2. The molecule has 0 rings (SSSR count). The van der Waals surface area contributed by atoms with Gasteiger partial charge in [-0.25, -0.2) is 0 Å². The number of nitrogens with zero attached hydrogens (tertiary/aromatic N) is 1. The zero-order valence-corrected chi connectivity index (χ0v) is 16.6. The lowest BCUT2D eigenvalue weighted by molar-refractivity contribution is -0.891. The maximum absolute atomic E-state index is 5.69. The van der Waals surface area contributed by atoms with Crippen molar-refractivity contribution in [3.8, 4) is 0 Å². The van der Waals surface area contributed by atoms with E-state index in [1.165, 1.54) is 64.3 Å². The molecule has 0 aliphatic heterocycles. The van der Waals surface area contributed by atoms with Crippen LogP contribution in [0.2, 0.25) is 0 Å². The molecule has 0 aromatic rings. The van der Waals surface area contributed by atoms with Crippen LogP contribution in [0, 0.1) is 0 Å². The number of hydrogen-bond donors (Lipinski definition) is 0. The largest absolute Gasteiger partial charge is 0.379 e. The van der Waals surface area contributed by atoms with E-state index in [1.807, 2.05) is 0 Å². The minimum Gasteiger partial charge on any atom is -0.379 e. The Morgan fingerprint density at radius 1 is 0.522 bits per heavy atom. The van der Waals surface area contributed by atoms with E-state index in [4.69, 9.17) is 9.47 Å². The monoisotopic (exact) mass is 330 g/mol. The Morgan fingerprint density at radius 3 is 1.65 bits per heavy atom. The highest BCUT2D eigenvalue weighted by Gasteiger charge is 2.13. The van der Waals surface area contributed by atoms with Crippen LogP contribution in [0.15, 0.2) is 0 Å². The first-order valence-electron chi connectivity index (χ1n) is 10.1. The molecule has 0 aromatic heterocycles. The van der Waals surface area contributed by atoms with Crippen LogP contribution < -0.4 is 0 Å². The molecule has 0 heterocycles. The van der Waals surface area contributed by atoms with Gasteiger partial charge in [0.2, 0.25) is 0 Å². The molecule has 3 nitrogen and oxygen atoms in total. The fourth-order valence-electron chi connectivity index (χ4n) is 2.67. The molecule has 140 valence electrons. The van der Waals surface area contributed by atoms with Crippen LogP contribution >= 0.6 is 0 Å². The highest BCUT2D eigenvalue weighted by molar-refractivity contribution is 4.46. The van der Waals surface area contributed by atoms with Gasteiger partial charge in [-0.15, -0.1) is 0 Å². The molecule has 3 heteroatoms. The van der Waals surface area contributed by atoms with Gasteiger partial charge in [-0.3, -0.25) is 0 Å². The van der Waals surface area contributed by atoms with Gasteiger partial charge in [-0.1, -0.05) is 58.8 Å². The molecule has 0 fully saturated rings. The number of unbranched alkanes of at least 4 members (excludes halogenated alkanes) is 8. The summed E-state index contributed by atoms with van der Waals surface area (Å²) < 4.78 is 12.3. The Hall–Kier alpha value is -0.120. The van der Waals surface area contributed by atoms with E-state index in [0.717, 1.165) is 43.9 Å². The van der Waals surface area contributed by atoms with Crippen LogP contribution in [-0.2, 0) is 9.47 Å². The van der Waals surface area contributed by atoms with Gasteiger partial charge < -0.3 is 14.0 Å². The van der Waals surface area contributed by atoms with E-state index in [1.54, 1.807) is 0 Å². The van der Waals surface area contributed by atoms with Crippen molar-refractivity contribution in [1.82, 2.24) is 0 Å². The summed E-state index contributed by atoms with van der Waals surface area (Å²) in [7, 11) is 4.64. The fraction of sp³-hybridized carbons (Fsp3) is 1.00. The van der Waals surface area contributed by atoms with Crippen LogP contribution in [-0.4, -0.2) is 58.1 Å². The second-order valence-corrected chi connectivity index (χ2v) is 7.44. The summed E-state index contributed by atoms with van der Waals surface area (Å²) in [6.45, 7) is 10.0. The lowest BCUT2D eigenvalue weighted by Gasteiger charge is -2.29. The van der Waals surface area contributed by atoms with Gasteiger partial charge in [0.15, 0.2) is 0 Å². The molecule has 0 radical (unpaired) electrons. The molecule has 0 atom stereocenters. The van der Waals surface area contributed by atoms with Crippen molar-refractivity contribution in [2.75, 3.05) is 53.6 Å². The molecule has 0 bridgehead atoms. The second kappa shape index (κ2) is 16.7. The predicted octanol–water partition coefficient (Wildman–Crippen LogP) is 5.04. The molecule has 0 amide bonds. The zero-order valence-electron chi connectivity index (χ0n) is 16.6. The standard InChI is InChI=1S/C20H44NO2/c1-5-7-9-10-11-12-13-14-15-21(3,4)16-18-23-20-19-22-17-8-6-2/h5-20H2,1-4H3/q+1. The highest BCUT2D eigenvalue weighted by Crippen LogP contribution is 2.10. The quantitative estimate of drug-likeness (QED) is 0.259. The molecule has 0 N–H and O–H groups in total. The summed E-state index contributed by atoms with van der Waals surface area (Å²) in [5.41, 5.74) is 0. The third-order valence-corrected chi connectivity index (χ3v) is 4.47. The highest BCUT2D eigenvalue weighted by atomic mass is 16.5. The van der Waals surface area contributed by atoms with Gasteiger partial charge in [-0.2, -0.15) is 0 Å². The van der Waals surface area contributed by atoms with Gasteiger partial charge in [0.05, 0.1) is 40.5 Å². The Bertz CT molecular complexity index is 210. The Kier molecular flexibility index (Phi) is 16.6. The van der Waals surface area contributed by atoms with E-state index in [9.17, 15) is 0 Å². The SMILES string of the molecule is CCCCCCCCCC[N+](C)(C)CCOCCOCCCC. The second-order valence-electron chi connectivity index (χ2n) is 7.44. The normalized spacial score (nSPS) is 12.0. The smallest absolute Gasteiger partial charge is 0.102 e. The maximum atomic E-state index is 5.69. The Labute approximate surface area is 146 Å². The van der Waals surface area contributed by atoms with Gasteiger partial charge in [0, 0.05) is 6.61 Å². The van der Waals surface area contributed by atoms with Gasteiger partial charge in [0.1, 0.15) is 6.54 Å². The van der Waals surface area contributed by atoms with E-state index < -0.39 is 0 Å². The van der Waals surface area contributed by atoms with Crippen LogP contribution in [0.4, 0.5) is 0 Å². The van der Waals surface area contributed by atoms with Crippen molar-refractivity contribution in [2.45, 2.75) is 78.1 Å². The van der Waals surface area contributed by atoms with Crippen molar-refractivity contribution >= 4 is 0 Å². The van der Waals surface area contributed by atoms with Gasteiger partial charge in [0.25, 0.3) is 0 Å². The lowest BCUT2D eigenvalue weighted by atomic mass is 10.1. The molecule has 0 aliphatic rings. The molecular weight excluding hydrogens is 286 g/mol. The van der Waals surface area contributed by atoms with Crippen molar-refractivity contribution in [2.24, 2.45) is 0 Å². The summed E-state index contributed by atoms with van der Waals surface area (Å²) in [5.74, 6) is 0. The van der Waals surface area contributed by atoms with Crippen molar-refractivity contribution < 1.29 is 14.0 Å². The summed E-state index contributed by atoms with van der Waals surface area (Å²) in [6, 6.07) is 0. The lowest BCUT2D eigenvalue weighted by Crippen LogP contribution is -2.43. The number of likely N-dealkylation sites (N-methyl/N-ethyl adjacent to an activating group) is 1. The minimum absolute atomic E-state index is 0.738. The van der Waals surface area contributed by atoms with Crippen molar-refractivity contribution in [3.63, 3.8) is 0 Å². The van der Waals surface area contributed by atoms with Crippen molar-refractivity contribution in [3.05, 3.63) is 0 Å². The average molecular weight is 331 g/mol. The first-order chi connectivity index (χ1) is 11.1. The average Bonchev–Trinajstić information content (AvgIpc) is 2.52. The molecule has 0 aliphatic carbocycles. The van der Waals surface area contributed by atoms with Crippen LogP contribution in [0.25, 0.3) is 0 Å². The first-order valence-corrected chi connectivity index (χ1v) is 10.1. The summed E-state index contributed by atoms with van der Waals surface area (Å²) in [5, 5.41) is 0. The fourth-order valence-corrected chi connectivity index (χ4v) is 2.67. The summed E-state index contributed by atoms with van der Waals surface area (Å²) in [4.78, 5) is 0. The first kappa shape index (κ1) is 22.9. The van der Waals surface area contributed by atoms with Gasteiger partial charge in [-0.05, 0) is 19.3 Å². The number of ether oxygens (including phenoxy) is 2. The third-order valence-electron chi connectivity index (χ3n) is 4.47. The molecular formula is C20H44NO2+. The van der Waals surface area contributed by atoms with Crippen LogP contribution in [0.3, 0.4) is 0 Å². The van der Waals surface area contributed by atoms with Gasteiger partial charge >= 0.3 is 0 Å². The molecule has 0 unspecified atom stereocenters. The Balaban J connectivity index is 3.33. The van der Waals surface area contributed by atoms with Crippen LogP contribution in [0.1, 0.15) is 78.1 Å². The molecule has 23 heavy (non-hydrogen) atoms. The van der Waals surface area contributed by atoms with E-state index in [0.29, 0.717) is 0 Å². The maximum Gasteiger partial charge on any atom is 0.102 e. The van der Waals surface area contributed by atoms with E-state index in [-0.39, 0.29) is 0 Å².